The molecule has 0 atom stereocenters. The maximum absolute atomic E-state index is 9.00. The summed E-state index contributed by atoms with van der Waals surface area (Å²) in [5, 5.41) is 18.2. The van der Waals surface area contributed by atoms with Crippen LogP contribution in [0.5, 0.6) is 0 Å². The number of carboxylic acids is 2. The van der Waals surface area contributed by atoms with Gasteiger partial charge in [-0.25, -0.2) is 9.97 Å². The summed E-state index contributed by atoms with van der Waals surface area (Å²) in [5.74, 6) is -0.643. The van der Waals surface area contributed by atoms with E-state index in [9.17, 15) is 0 Å². The number of benzene rings is 2. The molecular formula is C27H31N5O4. The molecule has 188 valence electrons. The minimum atomic E-state index is -0.833. The fourth-order valence-corrected chi connectivity index (χ4v) is 3.98. The molecule has 2 aromatic heterocycles. The van der Waals surface area contributed by atoms with Crippen LogP contribution in [0.25, 0.3) is 11.0 Å². The van der Waals surface area contributed by atoms with Crippen LogP contribution in [0.1, 0.15) is 31.0 Å². The summed E-state index contributed by atoms with van der Waals surface area (Å²) in [6, 6.07) is 23.5. The molecule has 0 bridgehead atoms. The van der Waals surface area contributed by atoms with Crippen LogP contribution in [-0.4, -0.2) is 62.9 Å². The first-order chi connectivity index (χ1) is 17.4. The van der Waals surface area contributed by atoms with E-state index < -0.39 is 11.9 Å². The van der Waals surface area contributed by atoms with Gasteiger partial charge in [0.25, 0.3) is 11.9 Å². The van der Waals surface area contributed by atoms with Crippen LogP contribution in [0.2, 0.25) is 0 Å². The summed E-state index contributed by atoms with van der Waals surface area (Å²) in [4.78, 5) is 29.7. The van der Waals surface area contributed by atoms with Crippen LogP contribution in [0.3, 0.4) is 0 Å². The number of nitrogens with one attached hydrogen (secondary N) is 1. The highest BCUT2D eigenvalue weighted by Gasteiger charge is 2.20. The molecule has 0 spiro atoms. The van der Waals surface area contributed by atoms with E-state index in [0.717, 1.165) is 56.9 Å². The number of anilines is 1. The lowest BCUT2D eigenvalue weighted by Gasteiger charge is -2.28. The third-order valence-electron chi connectivity index (χ3n) is 5.40. The molecule has 1 saturated heterocycles. The molecule has 3 N–H and O–H groups in total. The molecule has 0 amide bonds. The zero-order valence-electron chi connectivity index (χ0n) is 20.4. The quantitative estimate of drug-likeness (QED) is 0.397. The first-order valence-electron chi connectivity index (χ1n) is 11.6. The first kappa shape index (κ1) is 26.4. The van der Waals surface area contributed by atoms with Crippen molar-refractivity contribution in [2.24, 2.45) is 0 Å². The van der Waals surface area contributed by atoms with Gasteiger partial charge in [-0.05, 0) is 11.1 Å². The smallest absolute Gasteiger partial charge is 0.300 e. The van der Waals surface area contributed by atoms with Crippen LogP contribution < -0.4 is 10.2 Å². The third-order valence-corrected chi connectivity index (χ3v) is 5.40. The average Bonchev–Trinajstić information content (AvgIpc) is 3.28. The van der Waals surface area contributed by atoms with Crippen molar-refractivity contribution >= 4 is 28.8 Å². The molecule has 5 rings (SSSR count). The topological polar surface area (TPSA) is 121 Å². The lowest BCUT2D eigenvalue weighted by molar-refractivity contribution is -0.135. The summed E-state index contributed by atoms with van der Waals surface area (Å²) in [6.07, 6.45) is 3.84. The maximum Gasteiger partial charge on any atom is 0.300 e. The number of aromatic nitrogens is 3. The molecule has 0 radical (unpaired) electrons. The fourth-order valence-electron chi connectivity index (χ4n) is 3.98. The Morgan fingerprint density at radius 1 is 0.861 bits per heavy atom. The molecule has 3 heterocycles. The van der Waals surface area contributed by atoms with Gasteiger partial charge in [-0.1, -0.05) is 60.7 Å². The number of pyridine rings is 1. The molecule has 0 aliphatic carbocycles. The molecule has 0 saturated carbocycles. The number of aliphatic carboxylic acids is 2. The summed E-state index contributed by atoms with van der Waals surface area (Å²) in [6.45, 7) is 6.12. The molecule has 9 nitrogen and oxygen atoms in total. The minimum Gasteiger partial charge on any atom is -0.481 e. The van der Waals surface area contributed by atoms with E-state index in [1.165, 1.54) is 11.1 Å². The SMILES string of the molecule is CC(=O)O.CC(=O)O.c1ccc(C(c2ccccc2)n2cnc3cnc(N4CCNCC4)cc32)cc1. The van der Waals surface area contributed by atoms with Gasteiger partial charge in [0.2, 0.25) is 0 Å². The minimum absolute atomic E-state index is 0.0747. The van der Waals surface area contributed by atoms with Gasteiger partial charge in [0.1, 0.15) is 11.3 Å². The van der Waals surface area contributed by atoms with E-state index in [2.05, 4.69) is 91.5 Å². The second-order valence-corrected chi connectivity index (χ2v) is 8.18. The average molecular weight is 490 g/mol. The fraction of sp³-hybridized carbons (Fsp3) is 0.259. The molecule has 9 heteroatoms. The number of carbonyl (C=O) groups is 2. The lowest BCUT2D eigenvalue weighted by atomic mass is 9.98. The van der Waals surface area contributed by atoms with Crippen molar-refractivity contribution < 1.29 is 19.8 Å². The Kier molecular flexibility index (Phi) is 9.53. The number of nitrogens with zero attached hydrogens (tertiary/aromatic N) is 4. The van der Waals surface area contributed by atoms with Gasteiger partial charge >= 0.3 is 0 Å². The van der Waals surface area contributed by atoms with E-state index in [-0.39, 0.29) is 6.04 Å². The van der Waals surface area contributed by atoms with Gasteiger partial charge in [0.05, 0.1) is 24.1 Å². The Morgan fingerprint density at radius 3 is 1.86 bits per heavy atom. The van der Waals surface area contributed by atoms with Gasteiger partial charge in [0.15, 0.2) is 0 Å². The molecule has 2 aromatic carbocycles. The predicted molar refractivity (Wildman–Crippen MR) is 139 cm³/mol. The maximum atomic E-state index is 9.00. The van der Waals surface area contributed by atoms with Crippen molar-refractivity contribution in [2.45, 2.75) is 19.9 Å². The molecular weight excluding hydrogens is 458 g/mol. The van der Waals surface area contributed by atoms with Crippen molar-refractivity contribution in [3.8, 4) is 0 Å². The predicted octanol–water partition coefficient (Wildman–Crippen LogP) is 3.66. The van der Waals surface area contributed by atoms with Crippen molar-refractivity contribution in [3.05, 3.63) is 90.4 Å². The van der Waals surface area contributed by atoms with E-state index in [1.807, 2.05) is 12.5 Å². The van der Waals surface area contributed by atoms with Crippen LogP contribution in [-0.2, 0) is 9.59 Å². The number of hydrogen-bond acceptors (Lipinski definition) is 6. The van der Waals surface area contributed by atoms with Crippen molar-refractivity contribution in [1.29, 1.82) is 0 Å². The van der Waals surface area contributed by atoms with E-state index in [1.54, 1.807) is 0 Å². The third kappa shape index (κ3) is 7.38. The number of carboxylic acid groups (broad SMARTS) is 2. The molecule has 1 fully saturated rings. The summed E-state index contributed by atoms with van der Waals surface area (Å²) < 4.78 is 2.27. The summed E-state index contributed by atoms with van der Waals surface area (Å²) >= 11 is 0. The second kappa shape index (κ2) is 13.0. The number of piperazine rings is 1. The van der Waals surface area contributed by atoms with Crippen molar-refractivity contribution in [3.63, 3.8) is 0 Å². The first-order valence-corrected chi connectivity index (χ1v) is 11.6. The van der Waals surface area contributed by atoms with Crippen LogP contribution in [0, 0.1) is 0 Å². The van der Waals surface area contributed by atoms with Gasteiger partial charge in [0, 0.05) is 46.1 Å². The lowest BCUT2D eigenvalue weighted by Crippen LogP contribution is -2.43. The number of hydrogen-bond donors (Lipinski definition) is 3. The normalized spacial score (nSPS) is 12.8. The van der Waals surface area contributed by atoms with Crippen molar-refractivity contribution in [1.82, 2.24) is 19.9 Å². The van der Waals surface area contributed by atoms with Crippen LogP contribution in [0.4, 0.5) is 5.82 Å². The zero-order valence-corrected chi connectivity index (χ0v) is 20.4. The molecule has 0 unspecified atom stereocenters. The van der Waals surface area contributed by atoms with Gasteiger partial charge < -0.3 is 25.0 Å². The second-order valence-electron chi connectivity index (χ2n) is 8.18. The highest BCUT2D eigenvalue weighted by Crippen LogP contribution is 2.31. The number of fused-ring (bicyclic) bond motifs is 1. The highest BCUT2D eigenvalue weighted by molar-refractivity contribution is 5.78. The van der Waals surface area contributed by atoms with Gasteiger partial charge in [-0.15, -0.1) is 0 Å². The molecule has 1 aliphatic heterocycles. The van der Waals surface area contributed by atoms with Crippen molar-refractivity contribution in [2.75, 3.05) is 31.1 Å². The Hall–Kier alpha value is -4.24. The molecule has 1 aliphatic rings. The standard InChI is InChI=1S/C23H23N5.2C2H4O2/c1-3-7-18(8-4-1)23(19-9-5-2-6-10-19)28-17-26-20-16-25-22(15-21(20)28)27-13-11-24-12-14-27;2*1-2(3)4/h1-10,15-17,23-24H,11-14H2;2*1H3,(H,3,4). The van der Waals surface area contributed by atoms with Crippen LogP contribution in [0.15, 0.2) is 79.3 Å². The Bertz CT molecular complexity index is 1200. The Morgan fingerprint density at radius 2 is 1.36 bits per heavy atom. The summed E-state index contributed by atoms with van der Waals surface area (Å²) in [5.41, 5.74) is 4.53. The van der Waals surface area contributed by atoms with Gasteiger partial charge in [-0.2, -0.15) is 0 Å². The summed E-state index contributed by atoms with van der Waals surface area (Å²) in [7, 11) is 0. The molecule has 4 aromatic rings. The Labute approximate surface area is 210 Å². The van der Waals surface area contributed by atoms with E-state index in [4.69, 9.17) is 19.8 Å². The number of rotatable bonds is 4. The van der Waals surface area contributed by atoms with E-state index >= 15 is 0 Å². The monoisotopic (exact) mass is 489 g/mol. The number of imidazole rings is 1. The van der Waals surface area contributed by atoms with E-state index in [0.29, 0.717) is 0 Å². The van der Waals surface area contributed by atoms with Crippen LogP contribution >= 0.6 is 0 Å². The van der Waals surface area contributed by atoms with Gasteiger partial charge in [-0.3, -0.25) is 9.59 Å². The molecule has 36 heavy (non-hydrogen) atoms. The zero-order chi connectivity index (χ0) is 25.9. The highest BCUT2D eigenvalue weighted by atomic mass is 16.4. The largest absolute Gasteiger partial charge is 0.481 e. The Balaban J connectivity index is 0.000000398.